The average Bonchev–Trinajstić information content (AvgIpc) is 3.58. The molecule has 0 atom stereocenters. The zero-order chi connectivity index (χ0) is 20.2. The maximum Gasteiger partial charge on any atom is 0.130 e. The second kappa shape index (κ2) is 6.43. The first-order valence-electron chi connectivity index (χ1n) is 9.65. The Balaban J connectivity index is 1.73. The molecule has 0 amide bonds. The fraction of sp³-hybridized carbons (Fsp3) is 0.208. The van der Waals surface area contributed by atoms with Gasteiger partial charge in [-0.25, -0.2) is 4.98 Å². The number of anilines is 2. The molecule has 4 nitrogen and oxygen atoms in total. The summed E-state index contributed by atoms with van der Waals surface area (Å²) in [6.07, 6.45) is 8.38. The Bertz CT molecular complexity index is 1240. The van der Waals surface area contributed by atoms with Gasteiger partial charge in [0.15, 0.2) is 0 Å². The van der Waals surface area contributed by atoms with Gasteiger partial charge in [0.05, 0.1) is 22.7 Å². The number of pyridine rings is 2. The van der Waals surface area contributed by atoms with Crippen molar-refractivity contribution in [3.63, 3.8) is 0 Å². The van der Waals surface area contributed by atoms with Crippen molar-refractivity contribution in [3.05, 3.63) is 76.2 Å². The van der Waals surface area contributed by atoms with E-state index in [2.05, 4.69) is 45.2 Å². The van der Waals surface area contributed by atoms with Crippen LogP contribution in [0, 0.1) is 11.3 Å². The highest BCUT2D eigenvalue weighted by molar-refractivity contribution is 6.29. The summed E-state index contributed by atoms with van der Waals surface area (Å²) in [5.41, 5.74) is 7.76. The summed E-state index contributed by atoms with van der Waals surface area (Å²) in [5, 5.41) is 9.91. The van der Waals surface area contributed by atoms with Crippen LogP contribution in [0.1, 0.15) is 37.8 Å². The lowest BCUT2D eigenvalue weighted by atomic mass is 9.86. The number of benzene rings is 1. The molecule has 1 saturated carbocycles. The molecule has 0 spiro atoms. The van der Waals surface area contributed by atoms with Gasteiger partial charge in [0.1, 0.15) is 10.7 Å². The molecule has 0 unspecified atom stereocenters. The first kappa shape index (κ1) is 17.9. The highest BCUT2D eigenvalue weighted by Gasteiger charge is 2.29. The Morgan fingerprint density at radius 2 is 1.83 bits per heavy atom. The molecule has 0 radical (unpaired) electrons. The van der Waals surface area contributed by atoms with E-state index in [1.54, 1.807) is 6.07 Å². The minimum Gasteiger partial charge on any atom is -0.308 e. The van der Waals surface area contributed by atoms with Gasteiger partial charge in [0.25, 0.3) is 0 Å². The number of hydrogen-bond donors (Lipinski definition) is 0. The molecule has 1 fully saturated rings. The zero-order valence-corrected chi connectivity index (χ0v) is 17.0. The van der Waals surface area contributed by atoms with Gasteiger partial charge in [-0.05, 0) is 74.2 Å². The van der Waals surface area contributed by atoms with Gasteiger partial charge in [-0.15, -0.1) is 0 Å². The van der Waals surface area contributed by atoms with Crippen molar-refractivity contribution in [1.29, 1.82) is 5.26 Å². The molecular formula is C24H19ClN4. The summed E-state index contributed by atoms with van der Waals surface area (Å²) in [7, 11) is 0. The van der Waals surface area contributed by atoms with Crippen LogP contribution in [0.25, 0.3) is 17.1 Å². The van der Waals surface area contributed by atoms with Crippen molar-refractivity contribution < 1.29 is 0 Å². The van der Waals surface area contributed by atoms with E-state index in [1.165, 1.54) is 11.3 Å². The smallest absolute Gasteiger partial charge is 0.130 e. The fourth-order valence-electron chi connectivity index (χ4n) is 3.72. The third kappa shape index (κ3) is 2.99. The predicted molar refractivity (Wildman–Crippen MR) is 117 cm³/mol. The number of allylic oxidation sites excluding steroid dienone is 2. The van der Waals surface area contributed by atoms with Crippen LogP contribution in [0.5, 0.6) is 0 Å². The van der Waals surface area contributed by atoms with Gasteiger partial charge >= 0.3 is 0 Å². The monoisotopic (exact) mass is 398 g/mol. The molecule has 5 heteroatoms. The topological polar surface area (TPSA) is 52.8 Å². The van der Waals surface area contributed by atoms with Crippen LogP contribution in [0.15, 0.2) is 59.9 Å². The lowest BCUT2D eigenvalue weighted by Crippen LogP contribution is -2.20. The highest BCUT2D eigenvalue weighted by Crippen LogP contribution is 2.46. The van der Waals surface area contributed by atoms with Crippen LogP contribution in [-0.2, 0) is 5.41 Å². The number of aromatic nitrogens is 2. The van der Waals surface area contributed by atoms with Crippen molar-refractivity contribution in [2.45, 2.75) is 32.1 Å². The maximum atomic E-state index is 9.46. The Labute approximate surface area is 174 Å². The lowest BCUT2D eigenvalue weighted by Gasteiger charge is -2.31. The fourth-order valence-corrected chi connectivity index (χ4v) is 3.87. The second-order valence-corrected chi connectivity index (χ2v) is 8.39. The molecule has 3 heterocycles. The molecule has 1 aliphatic heterocycles. The van der Waals surface area contributed by atoms with Crippen molar-refractivity contribution in [2.75, 3.05) is 4.90 Å². The normalized spacial score (nSPS) is 15.4. The SMILES string of the molecule is CC(C)(C#N)c1ccc(N2C(=C3CC3)C=Cc3cnc4ccc(Cl)nc4c32)cc1. The minimum absolute atomic E-state index is 0.453. The summed E-state index contributed by atoms with van der Waals surface area (Å²) >= 11 is 6.24. The Morgan fingerprint density at radius 3 is 2.52 bits per heavy atom. The van der Waals surface area contributed by atoms with Crippen LogP contribution in [0.4, 0.5) is 11.4 Å². The molecule has 2 aromatic heterocycles. The molecular weight excluding hydrogens is 380 g/mol. The molecule has 0 saturated heterocycles. The number of nitrogens with zero attached hydrogens (tertiary/aromatic N) is 4. The van der Waals surface area contributed by atoms with Crippen LogP contribution >= 0.6 is 11.6 Å². The van der Waals surface area contributed by atoms with E-state index in [0.717, 1.165) is 46.4 Å². The van der Waals surface area contributed by atoms with E-state index in [4.69, 9.17) is 11.6 Å². The molecule has 29 heavy (non-hydrogen) atoms. The predicted octanol–water partition coefficient (Wildman–Crippen LogP) is 6.30. The molecule has 142 valence electrons. The summed E-state index contributed by atoms with van der Waals surface area (Å²) in [4.78, 5) is 11.4. The van der Waals surface area contributed by atoms with Crippen LogP contribution < -0.4 is 4.90 Å². The molecule has 0 N–H and O–H groups in total. The molecule has 2 aliphatic rings. The van der Waals surface area contributed by atoms with Gasteiger partial charge in [0, 0.05) is 23.1 Å². The third-order valence-corrected chi connectivity index (χ3v) is 5.77. The maximum absolute atomic E-state index is 9.46. The largest absolute Gasteiger partial charge is 0.308 e. The van der Waals surface area contributed by atoms with Gasteiger partial charge in [-0.1, -0.05) is 23.7 Å². The Kier molecular flexibility index (Phi) is 3.97. The Morgan fingerprint density at radius 1 is 1.07 bits per heavy atom. The molecule has 1 aromatic carbocycles. The third-order valence-electron chi connectivity index (χ3n) is 5.55. The van der Waals surface area contributed by atoms with Crippen LogP contribution in [0.2, 0.25) is 5.15 Å². The summed E-state index contributed by atoms with van der Waals surface area (Å²) in [6.45, 7) is 3.87. The Hall–Kier alpha value is -3.16. The zero-order valence-electron chi connectivity index (χ0n) is 16.3. The van der Waals surface area contributed by atoms with Crippen molar-refractivity contribution in [2.24, 2.45) is 0 Å². The van der Waals surface area contributed by atoms with E-state index in [1.807, 2.05) is 38.2 Å². The molecule has 5 rings (SSSR count). The number of nitriles is 1. The standard InChI is InChI=1S/C24H19ClN4/c1-24(2,14-26)17-6-8-18(9-7-17)29-20(15-3-4-15)11-5-16-13-27-19-10-12-21(25)28-22(19)23(16)29/h5-13H,3-4H2,1-2H3. The van der Waals surface area contributed by atoms with Crippen molar-refractivity contribution in [1.82, 2.24) is 9.97 Å². The van der Waals surface area contributed by atoms with Crippen LogP contribution in [-0.4, -0.2) is 9.97 Å². The number of hydrogen-bond acceptors (Lipinski definition) is 4. The summed E-state index contributed by atoms with van der Waals surface area (Å²) in [6, 6.07) is 14.3. The van der Waals surface area contributed by atoms with Gasteiger partial charge in [-0.2, -0.15) is 5.26 Å². The molecule has 3 aromatic rings. The van der Waals surface area contributed by atoms with Gasteiger partial charge in [-0.3, -0.25) is 4.98 Å². The second-order valence-electron chi connectivity index (χ2n) is 8.01. The van der Waals surface area contributed by atoms with E-state index >= 15 is 0 Å². The first-order valence-corrected chi connectivity index (χ1v) is 10.0. The molecule has 0 bridgehead atoms. The summed E-state index contributed by atoms with van der Waals surface area (Å²) < 4.78 is 0. The van der Waals surface area contributed by atoms with Crippen molar-refractivity contribution >= 4 is 40.1 Å². The quantitative estimate of drug-likeness (QED) is 0.475. The molecule has 1 aliphatic carbocycles. The minimum atomic E-state index is -0.526. The van der Waals surface area contributed by atoms with E-state index in [9.17, 15) is 5.26 Å². The van der Waals surface area contributed by atoms with Crippen molar-refractivity contribution in [3.8, 4) is 6.07 Å². The number of rotatable bonds is 2. The lowest BCUT2D eigenvalue weighted by molar-refractivity contribution is 0.687. The van der Waals surface area contributed by atoms with E-state index < -0.39 is 5.41 Å². The highest BCUT2D eigenvalue weighted by atomic mass is 35.5. The average molecular weight is 399 g/mol. The van der Waals surface area contributed by atoms with Gasteiger partial charge in [0.2, 0.25) is 0 Å². The van der Waals surface area contributed by atoms with Crippen LogP contribution in [0.3, 0.4) is 0 Å². The van der Waals surface area contributed by atoms with Gasteiger partial charge < -0.3 is 4.90 Å². The summed E-state index contributed by atoms with van der Waals surface area (Å²) in [5.74, 6) is 0. The first-order chi connectivity index (χ1) is 14.0. The number of halogens is 1. The number of fused-ring (bicyclic) bond motifs is 3. The van der Waals surface area contributed by atoms with E-state index in [-0.39, 0.29) is 0 Å². The van der Waals surface area contributed by atoms with E-state index in [0.29, 0.717) is 5.15 Å².